The van der Waals surface area contributed by atoms with E-state index >= 15 is 0 Å². The van der Waals surface area contributed by atoms with E-state index in [0.29, 0.717) is 19.0 Å². The summed E-state index contributed by atoms with van der Waals surface area (Å²) >= 11 is 0. The summed E-state index contributed by atoms with van der Waals surface area (Å²) in [4.78, 5) is 24.0. The number of hydrogen-bond donors (Lipinski definition) is 2. The minimum atomic E-state index is -0.936. The maximum Gasteiger partial charge on any atom is 0.303 e. The number of nitrogens with zero attached hydrogens (tertiary/aromatic N) is 1. The van der Waals surface area contributed by atoms with Crippen molar-refractivity contribution in [3.05, 3.63) is 0 Å². The highest BCUT2D eigenvalue weighted by Crippen LogP contribution is 2.48. The smallest absolute Gasteiger partial charge is 0.303 e. The summed E-state index contributed by atoms with van der Waals surface area (Å²) < 4.78 is 0. The summed E-state index contributed by atoms with van der Waals surface area (Å²) in [5, 5.41) is 18.1. The molecule has 5 nitrogen and oxygen atoms in total. The first-order chi connectivity index (χ1) is 8.07. The first-order valence-electron chi connectivity index (χ1n) is 6.18. The number of hydrogen-bond acceptors (Lipinski definition) is 3. The van der Waals surface area contributed by atoms with Gasteiger partial charge in [0.1, 0.15) is 0 Å². The molecule has 5 heteroatoms. The van der Waals surface area contributed by atoms with Gasteiger partial charge in [0, 0.05) is 24.9 Å². The third-order valence-electron chi connectivity index (χ3n) is 4.26. The van der Waals surface area contributed by atoms with Crippen LogP contribution in [0.5, 0.6) is 0 Å². The van der Waals surface area contributed by atoms with E-state index in [-0.39, 0.29) is 30.8 Å². The molecular formula is C12H19NO4. The van der Waals surface area contributed by atoms with Gasteiger partial charge >= 0.3 is 5.97 Å². The molecule has 2 aliphatic rings. The number of aliphatic hydroxyl groups is 1. The van der Waals surface area contributed by atoms with Crippen LogP contribution in [0.2, 0.25) is 0 Å². The van der Waals surface area contributed by atoms with Gasteiger partial charge in [0.2, 0.25) is 5.91 Å². The van der Waals surface area contributed by atoms with Crippen LogP contribution in [-0.4, -0.2) is 46.7 Å². The Labute approximate surface area is 100 Å². The number of aliphatic carboxylic acids is 1. The molecule has 1 saturated heterocycles. The fourth-order valence-electron chi connectivity index (χ4n) is 3.23. The number of rotatable bonds is 4. The summed E-state index contributed by atoms with van der Waals surface area (Å²) in [5.41, 5.74) is -0.0983. The molecule has 1 aliphatic carbocycles. The Morgan fingerprint density at radius 1 is 1.35 bits per heavy atom. The molecule has 0 aromatic heterocycles. The fourth-order valence-corrected chi connectivity index (χ4v) is 3.23. The predicted molar refractivity (Wildman–Crippen MR) is 60.3 cm³/mol. The Hall–Kier alpha value is -1.10. The number of carboxylic acids is 1. The molecule has 0 radical (unpaired) electrons. The number of aliphatic hydroxyl groups excluding tert-OH is 1. The second kappa shape index (κ2) is 4.64. The largest absolute Gasteiger partial charge is 0.481 e. The van der Waals surface area contributed by atoms with Crippen LogP contribution in [0.1, 0.15) is 32.1 Å². The SMILES string of the molecule is O=C(O)CCC(=O)N1C[C@@H]2CCC[C@]2(CO)C1. The van der Waals surface area contributed by atoms with Gasteiger partial charge in [0.05, 0.1) is 13.0 Å². The summed E-state index contributed by atoms with van der Waals surface area (Å²) in [6, 6.07) is 0. The lowest BCUT2D eigenvalue weighted by Crippen LogP contribution is -2.34. The molecule has 1 saturated carbocycles. The number of amides is 1. The van der Waals surface area contributed by atoms with Gasteiger partial charge in [-0.15, -0.1) is 0 Å². The Morgan fingerprint density at radius 3 is 2.71 bits per heavy atom. The quantitative estimate of drug-likeness (QED) is 0.750. The van der Waals surface area contributed by atoms with Crippen molar-refractivity contribution in [2.75, 3.05) is 19.7 Å². The van der Waals surface area contributed by atoms with E-state index in [4.69, 9.17) is 5.11 Å². The lowest BCUT2D eigenvalue weighted by atomic mass is 9.82. The average Bonchev–Trinajstić information content (AvgIpc) is 2.82. The minimum Gasteiger partial charge on any atom is -0.481 e. The Bertz CT molecular complexity index is 330. The second-order valence-electron chi connectivity index (χ2n) is 5.28. The van der Waals surface area contributed by atoms with Gasteiger partial charge in [0.25, 0.3) is 0 Å². The van der Waals surface area contributed by atoms with Crippen molar-refractivity contribution in [1.29, 1.82) is 0 Å². The number of fused-ring (bicyclic) bond motifs is 1. The van der Waals surface area contributed by atoms with Crippen LogP contribution in [0, 0.1) is 11.3 Å². The monoisotopic (exact) mass is 241 g/mol. The molecule has 1 heterocycles. The van der Waals surface area contributed by atoms with Crippen LogP contribution in [0.15, 0.2) is 0 Å². The number of likely N-dealkylation sites (tertiary alicyclic amines) is 1. The Kier molecular flexibility index (Phi) is 3.38. The third-order valence-corrected chi connectivity index (χ3v) is 4.26. The van der Waals surface area contributed by atoms with Crippen molar-refractivity contribution in [3.63, 3.8) is 0 Å². The third kappa shape index (κ3) is 2.29. The number of carbonyl (C=O) groups is 2. The van der Waals surface area contributed by atoms with Crippen LogP contribution in [0.25, 0.3) is 0 Å². The highest BCUT2D eigenvalue weighted by molar-refractivity contribution is 5.81. The molecule has 0 unspecified atom stereocenters. The maximum atomic E-state index is 11.8. The molecule has 2 N–H and O–H groups in total. The minimum absolute atomic E-state index is 0.0730. The summed E-state index contributed by atoms with van der Waals surface area (Å²) in [7, 11) is 0. The highest BCUT2D eigenvalue weighted by Gasteiger charge is 2.49. The summed E-state index contributed by atoms with van der Waals surface area (Å²) in [5.74, 6) is -0.620. The zero-order chi connectivity index (χ0) is 12.5. The first kappa shape index (κ1) is 12.4. The van der Waals surface area contributed by atoms with E-state index in [9.17, 15) is 14.7 Å². The van der Waals surface area contributed by atoms with Crippen LogP contribution in [0.4, 0.5) is 0 Å². The molecule has 1 aliphatic heterocycles. The predicted octanol–water partition coefficient (Wildman–Crippen LogP) is 0.472. The van der Waals surface area contributed by atoms with E-state index in [1.165, 1.54) is 0 Å². The van der Waals surface area contributed by atoms with E-state index < -0.39 is 5.97 Å². The first-order valence-corrected chi connectivity index (χ1v) is 6.18. The van der Waals surface area contributed by atoms with E-state index in [1.54, 1.807) is 4.90 Å². The Morgan fingerprint density at radius 2 is 2.12 bits per heavy atom. The van der Waals surface area contributed by atoms with Crippen molar-refractivity contribution >= 4 is 11.9 Å². The van der Waals surface area contributed by atoms with Gasteiger partial charge in [-0.2, -0.15) is 0 Å². The number of carboxylic acid groups (broad SMARTS) is 1. The lowest BCUT2D eigenvalue weighted by Gasteiger charge is -2.25. The van der Waals surface area contributed by atoms with Crippen LogP contribution in [0.3, 0.4) is 0 Å². The maximum absolute atomic E-state index is 11.8. The van der Waals surface area contributed by atoms with E-state index in [2.05, 4.69) is 0 Å². The highest BCUT2D eigenvalue weighted by atomic mass is 16.4. The molecule has 0 aromatic rings. The molecule has 2 rings (SSSR count). The number of carbonyl (C=O) groups excluding carboxylic acids is 1. The van der Waals surface area contributed by atoms with Crippen molar-refractivity contribution in [2.45, 2.75) is 32.1 Å². The lowest BCUT2D eigenvalue weighted by molar-refractivity contribution is -0.140. The molecule has 0 aromatic carbocycles. The van der Waals surface area contributed by atoms with Gasteiger partial charge in [-0.1, -0.05) is 6.42 Å². The van der Waals surface area contributed by atoms with Crippen LogP contribution in [-0.2, 0) is 9.59 Å². The zero-order valence-corrected chi connectivity index (χ0v) is 9.89. The molecule has 1 amide bonds. The van der Waals surface area contributed by atoms with Crippen LogP contribution < -0.4 is 0 Å². The van der Waals surface area contributed by atoms with Crippen molar-refractivity contribution in [3.8, 4) is 0 Å². The van der Waals surface area contributed by atoms with E-state index in [0.717, 1.165) is 19.3 Å². The fraction of sp³-hybridized carbons (Fsp3) is 0.833. The summed E-state index contributed by atoms with van der Waals surface area (Å²) in [6.45, 7) is 1.44. The van der Waals surface area contributed by atoms with Gasteiger partial charge in [-0.05, 0) is 18.8 Å². The van der Waals surface area contributed by atoms with Crippen LogP contribution >= 0.6 is 0 Å². The molecule has 17 heavy (non-hydrogen) atoms. The normalized spacial score (nSPS) is 31.6. The topological polar surface area (TPSA) is 77.8 Å². The Balaban J connectivity index is 1.93. The molecule has 0 spiro atoms. The van der Waals surface area contributed by atoms with E-state index in [1.807, 2.05) is 0 Å². The van der Waals surface area contributed by atoms with Gasteiger partial charge in [0.15, 0.2) is 0 Å². The second-order valence-corrected chi connectivity index (χ2v) is 5.28. The van der Waals surface area contributed by atoms with Crippen molar-refractivity contribution in [1.82, 2.24) is 4.90 Å². The van der Waals surface area contributed by atoms with Gasteiger partial charge in [-0.3, -0.25) is 9.59 Å². The zero-order valence-electron chi connectivity index (χ0n) is 9.89. The average molecular weight is 241 g/mol. The molecular weight excluding hydrogens is 222 g/mol. The van der Waals surface area contributed by atoms with Crippen molar-refractivity contribution < 1.29 is 19.8 Å². The summed E-state index contributed by atoms with van der Waals surface area (Å²) in [6.07, 6.45) is 3.15. The molecule has 96 valence electrons. The molecule has 2 fully saturated rings. The molecule has 0 bridgehead atoms. The molecule has 2 atom stereocenters. The van der Waals surface area contributed by atoms with Crippen molar-refractivity contribution in [2.24, 2.45) is 11.3 Å². The van der Waals surface area contributed by atoms with Gasteiger partial charge in [-0.25, -0.2) is 0 Å². The standard InChI is InChI=1S/C12H19NO4/c14-8-12-5-1-2-9(12)6-13(7-12)10(15)3-4-11(16)17/h9,14H,1-8H2,(H,16,17)/t9-,12+/m0/s1. The van der Waals surface area contributed by atoms with Gasteiger partial charge < -0.3 is 15.1 Å².